The van der Waals surface area contributed by atoms with E-state index in [1.54, 1.807) is 0 Å². The Hall–Kier alpha value is -1.70. The Kier molecular flexibility index (Phi) is 9.07. The third kappa shape index (κ3) is 6.65. The largest absolute Gasteiger partial charge is 0.481 e. The lowest BCUT2D eigenvalue weighted by molar-refractivity contribution is -0.159. The van der Waals surface area contributed by atoms with Crippen LogP contribution >= 0.6 is 0 Å². The number of rotatable bonds is 10. The van der Waals surface area contributed by atoms with Gasteiger partial charge in [-0.25, -0.2) is 0 Å². The van der Waals surface area contributed by atoms with Gasteiger partial charge in [-0.15, -0.1) is 0 Å². The highest BCUT2D eigenvalue weighted by atomic mass is 16.5. The summed E-state index contributed by atoms with van der Waals surface area (Å²) in [6, 6.07) is 0. The molecule has 0 bridgehead atoms. The Labute approximate surface area is 178 Å². The predicted octanol–water partition coefficient (Wildman–Crippen LogP) is 2.44. The summed E-state index contributed by atoms with van der Waals surface area (Å²) in [5, 5.41) is 39.1. The molecule has 7 heteroatoms. The summed E-state index contributed by atoms with van der Waals surface area (Å²) in [6.45, 7) is 5.85. The molecular weight excluding hydrogens is 388 g/mol. The van der Waals surface area contributed by atoms with Gasteiger partial charge in [0.25, 0.3) is 0 Å². The number of aliphatic hydroxyl groups is 3. The molecule has 0 unspecified atom stereocenters. The maximum Gasteiger partial charge on any atom is 0.308 e. The van der Waals surface area contributed by atoms with Crippen LogP contribution in [0.4, 0.5) is 0 Å². The summed E-state index contributed by atoms with van der Waals surface area (Å²) >= 11 is 0. The van der Waals surface area contributed by atoms with Gasteiger partial charge >= 0.3 is 11.9 Å². The second-order valence-electron chi connectivity index (χ2n) is 8.88. The molecule has 2 aliphatic carbocycles. The SMILES string of the molecule is CC[C@@H](C)C(=O)O[C@H]1C[C@H](O)C=C2C=C[C@@H](C)[C@@H](CC[C@H](O)C[C@H](O)CC(=O)O)[C@@H]21. The molecule has 170 valence electrons. The van der Waals surface area contributed by atoms with Crippen LogP contribution < -0.4 is 0 Å². The fourth-order valence-corrected chi connectivity index (χ4v) is 4.52. The summed E-state index contributed by atoms with van der Waals surface area (Å²) in [7, 11) is 0. The third-order valence-corrected chi connectivity index (χ3v) is 6.44. The van der Waals surface area contributed by atoms with Crippen molar-refractivity contribution < 1.29 is 34.8 Å². The highest BCUT2D eigenvalue weighted by Gasteiger charge is 2.42. The molecule has 0 radical (unpaired) electrons. The number of aliphatic hydroxyl groups excluding tert-OH is 3. The molecule has 0 fully saturated rings. The number of carboxylic acids is 1. The lowest BCUT2D eigenvalue weighted by Gasteiger charge is -2.43. The van der Waals surface area contributed by atoms with Crippen molar-refractivity contribution in [2.24, 2.45) is 23.7 Å². The Bertz CT molecular complexity index is 656. The Morgan fingerprint density at radius 1 is 1.27 bits per heavy atom. The lowest BCUT2D eigenvalue weighted by Crippen LogP contribution is -2.43. The van der Waals surface area contributed by atoms with Gasteiger partial charge in [0.2, 0.25) is 0 Å². The minimum Gasteiger partial charge on any atom is -0.481 e. The topological polar surface area (TPSA) is 124 Å². The number of esters is 1. The Morgan fingerprint density at radius 3 is 2.60 bits per heavy atom. The van der Waals surface area contributed by atoms with Crippen molar-refractivity contribution in [3.63, 3.8) is 0 Å². The number of carboxylic acid groups (broad SMARTS) is 1. The van der Waals surface area contributed by atoms with E-state index < -0.39 is 30.4 Å². The fourth-order valence-electron chi connectivity index (χ4n) is 4.52. The molecule has 0 spiro atoms. The zero-order valence-electron chi connectivity index (χ0n) is 18.1. The van der Waals surface area contributed by atoms with Crippen LogP contribution in [0, 0.1) is 23.7 Å². The van der Waals surface area contributed by atoms with Gasteiger partial charge in [-0.3, -0.25) is 9.59 Å². The molecule has 8 atom stereocenters. The van der Waals surface area contributed by atoms with Crippen LogP contribution in [-0.2, 0) is 14.3 Å². The lowest BCUT2D eigenvalue weighted by atomic mass is 9.66. The first-order chi connectivity index (χ1) is 14.1. The first-order valence-corrected chi connectivity index (χ1v) is 11.0. The van der Waals surface area contributed by atoms with Gasteiger partial charge in [-0.2, -0.15) is 0 Å². The number of carbonyl (C=O) groups is 2. The number of carbonyl (C=O) groups excluding carboxylic acids is 1. The van der Waals surface area contributed by atoms with E-state index in [-0.39, 0.29) is 42.5 Å². The summed E-state index contributed by atoms with van der Waals surface area (Å²) in [4.78, 5) is 23.1. The molecule has 2 rings (SSSR count). The van der Waals surface area contributed by atoms with E-state index >= 15 is 0 Å². The number of aliphatic carboxylic acids is 1. The molecule has 2 aliphatic rings. The zero-order chi connectivity index (χ0) is 22.4. The van der Waals surface area contributed by atoms with Crippen LogP contribution in [0.25, 0.3) is 0 Å². The molecular formula is C23H36O7. The standard InChI is InChI=1S/C23H36O7/c1-4-13(2)23(29)30-20-11-17(25)9-15-6-5-14(3)19(22(15)20)8-7-16(24)10-18(26)12-21(27)28/h5-6,9,13-14,16-20,22,24-26H,4,7-8,10-12H2,1-3H3,(H,27,28)/t13-,14-,16+,17-,18+,19-,20+,22-/m1/s1. The molecule has 4 N–H and O–H groups in total. The van der Waals surface area contributed by atoms with Crippen LogP contribution in [-0.4, -0.2) is 56.8 Å². The van der Waals surface area contributed by atoms with Gasteiger partial charge in [0.1, 0.15) is 6.10 Å². The summed E-state index contributed by atoms with van der Waals surface area (Å²) < 4.78 is 5.84. The quantitative estimate of drug-likeness (QED) is 0.397. The second-order valence-corrected chi connectivity index (χ2v) is 8.88. The molecule has 0 aliphatic heterocycles. The van der Waals surface area contributed by atoms with Crippen molar-refractivity contribution >= 4 is 11.9 Å². The van der Waals surface area contributed by atoms with Crippen LogP contribution in [0.2, 0.25) is 0 Å². The average Bonchev–Trinajstić information content (AvgIpc) is 2.65. The molecule has 30 heavy (non-hydrogen) atoms. The van der Waals surface area contributed by atoms with Crippen molar-refractivity contribution in [2.75, 3.05) is 0 Å². The normalized spacial score (nSPS) is 31.3. The van der Waals surface area contributed by atoms with Gasteiger partial charge in [0.15, 0.2) is 0 Å². The second kappa shape index (κ2) is 11.1. The number of ether oxygens (including phenoxy) is 1. The fraction of sp³-hybridized carbons (Fsp3) is 0.739. The highest BCUT2D eigenvalue weighted by Crippen LogP contribution is 2.44. The number of hydrogen-bond donors (Lipinski definition) is 4. The van der Waals surface area contributed by atoms with E-state index in [2.05, 4.69) is 13.0 Å². The van der Waals surface area contributed by atoms with Gasteiger partial charge in [-0.1, -0.05) is 39.0 Å². The van der Waals surface area contributed by atoms with Crippen LogP contribution in [0.3, 0.4) is 0 Å². The number of hydrogen-bond acceptors (Lipinski definition) is 6. The zero-order valence-corrected chi connectivity index (χ0v) is 18.1. The van der Waals surface area contributed by atoms with Gasteiger partial charge < -0.3 is 25.2 Å². The molecule has 0 aromatic heterocycles. The summed E-state index contributed by atoms with van der Waals surface area (Å²) in [6.07, 6.45) is 4.64. The molecule has 0 aromatic carbocycles. The minimum absolute atomic E-state index is 0.0156. The third-order valence-electron chi connectivity index (χ3n) is 6.44. The molecule has 0 saturated carbocycles. The van der Waals surface area contributed by atoms with Gasteiger partial charge in [0, 0.05) is 12.3 Å². The Balaban J connectivity index is 2.09. The van der Waals surface area contributed by atoms with Gasteiger partial charge in [0.05, 0.1) is 30.7 Å². The van der Waals surface area contributed by atoms with Crippen molar-refractivity contribution in [3.8, 4) is 0 Å². The van der Waals surface area contributed by atoms with Crippen molar-refractivity contribution in [3.05, 3.63) is 23.8 Å². The van der Waals surface area contributed by atoms with Crippen LogP contribution in [0.15, 0.2) is 23.8 Å². The summed E-state index contributed by atoms with van der Waals surface area (Å²) in [5.41, 5.74) is 0.958. The van der Waals surface area contributed by atoms with Crippen molar-refractivity contribution in [2.45, 2.75) is 83.7 Å². The maximum absolute atomic E-state index is 12.4. The highest BCUT2D eigenvalue weighted by molar-refractivity contribution is 5.72. The molecule has 0 amide bonds. The molecule has 0 heterocycles. The molecule has 0 aromatic rings. The number of fused-ring (bicyclic) bond motifs is 1. The predicted molar refractivity (Wildman–Crippen MR) is 111 cm³/mol. The van der Waals surface area contributed by atoms with E-state index in [1.165, 1.54) is 0 Å². The van der Waals surface area contributed by atoms with Crippen LogP contribution in [0.5, 0.6) is 0 Å². The van der Waals surface area contributed by atoms with E-state index in [4.69, 9.17) is 9.84 Å². The van der Waals surface area contributed by atoms with E-state index in [9.17, 15) is 24.9 Å². The van der Waals surface area contributed by atoms with Crippen molar-refractivity contribution in [1.82, 2.24) is 0 Å². The maximum atomic E-state index is 12.4. The molecule has 0 saturated heterocycles. The van der Waals surface area contributed by atoms with Crippen LogP contribution in [0.1, 0.15) is 59.3 Å². The van der Waals surface area contributed by atoms with E-state index in [1.807, 2.05) is 26.0 Å². The minimum atomic E-state index is -1.10. The first-order valence-electron chi connectivity index (χ1n) is 11.0. The number of allylic oxidation sites excluding steroid dienone is 2. The Morgan fingerprint density at radius 2 is 1.97 bits per heavy atom. The average molecular weight is 425 g/mol. The van der Waals surface area contributed by atoms with Gasteiger partial charge in [-0.05, 0) is 43.1 Å². The first kappa shape index (κ1) is 24.6. The van der Waals surface area contributed by atoms with E-state index in [0.717, 1.165) is 5.57 Å². The summed E-state index contributed by atoms with van der Waals surface area (Å²) in [5.74, 6) is -1.31. The van der Waals surface area contributed by atoms with Crippen molar-refractivity contribution in [1.29, 1.82) is 0 Å². The monoisotopic (exact) mass is 424 g/mol. The van der Waals surface area contributed by atoms with E-state index in [0.29, 0.717) is 25.7 Å². The molecule has 7 nitrogen and oxygen atoms in total. The smallest absolute Gasteiger partial charge is 0.308 e.